The number of thiophene rings is 1. The van der Waals surface area contributed by atoms with Crippen LogP contribution in [0.15, 0.2) is 94.2 Å². The van der Waals surface area contributed by atoms with Gasteiger partial charge in [-0.2, -0.15) is 0 Å². The van der Waals surface area contributed by atoms with E-state index in [0.29, 0.717) is 40.2 Å². The van der Waals surface area contributed by atoms with Crippen molar-refractivity contribution in [2.45, 2.75) is 13.8 Å². The molecular weight excluding hydrogens is 496 g/mol. The molecule has 0 aliphatic rings. The second-order valence-electron chi connectivity index (χ2n) is 8.80. The summed E-state index contributed by atoms with van der Waals surface area (Å²) in [7, 11) is 0. The number of aryl methyl sites for hydroxylation is 1. The molecule has 0 bridgehead atoms. The molecular formula is C30H24N4O3S. The first kappa shape index (κ1) is 23.7. The van der Waals surface area contributed by atoms with Crippen LogP contribution in [-0.2, 0) is 0 Å². The van der Waals surface area contributed by atoms with Gasteiger partial charge >= 0.3 is 0 Å². The minimum Gasteiger partial charge on any atom is -0.494 e. The number of aliphatic imine (C=N–C) groups is 1. The molecule has 0 aliphatic heterocycles. The quantitative estimate of drug-likeness (QED) is 0.253. The Bertz CT molecular complexity index is 1870. The van der Waals surface area contributed by atoms with Crippen molar-refractivity contribution < 1.29 is 9.84 Å². The van der Waals surface area contributed by atoms with Crippen molar-refractivity contribution in [3.8, 4) is 27.9 Å². The van der Waals surface area contributed by atoms with Crippen LogP contribution >= 0.6 is 11.3 Å². The van der Waals surface area contributed by atoms with E-state index in [-0.39, 0.29) is 11.4 Å². The summed E-state index contributed by atoms with van der Waals surface area (Å²) in [6.07, 6.45) is 3.56. The maximum Gasteiger partial charge on any atom is 0.265 e. The Morgan fingerprint density at radius 3 is 2.58 bits per heavy atom. The number of aromatic hydroxyl groups is 1. The van der Waals surface area contributed by atoms with E-state index in [4.69, 9.17) is 14.7 Å². The number of rotatable bonds is 6. The molecule has 0 spiro atoms. The van der Waals surface area contributed by atoms with Gasteiger partial charge in [-0.1, -0.05) is 24.3 Å². The van der Waals surface area contributed by atoms with Gasteiger partial charge in [-0.15, -0.1) is 11.3 Å². The van der Waals surface area contributed by atoms with Crippen LogP contribution in [0.3, 0.4) is 0 Å². The molecule has 0 radical (unpaired) electrons. The summed E-state index contributed by atoms with van der Waals surface area (Å²) < 4.78 is 8.77. The number of hydrogen-bond donors (Lipinski definition) is 1. The lowest BCUT2D eigenvalue weighted by Crippen LogP contribution is -2.20. The fourth-order valence-electron chi connectivity index (χ4n) is 4.55. The summed E-state index contributed by atoms with van der Waals surface area (Å²) in [5.41, 5.74) is 3.29. The molecule has 6 rings (SSSR count). The normalized spacial score (nSPS) is 11.6. The average Bonchev–Trinajstić information content (AvgIpc) is 3.58. The van der Waals surface area contributed by atoms with Crippen LogP contribution in [0.4, 0.5) is 5.82 Å². The SMILES string of the molecule is CCOc1ccc(-n2c(O)c(/C=N/c3c(-c4cccs4)nc4cc(C)ccn34)c3ccccc3c2=O)cc1. The van der Waals surface area contributed by atoms with E-state index in [9.17, 15) is 9.90 Å². The van der Waals surface area contributed by atoms with Gasteiger partial charge in [0.2, 0.25) is 5.88 Å². The third-order valence-electron chi connectivity index (χ3n) is 6.34. The molecule has 0 saturated carbocycles. The Kier molecular flexibility index (Phi) is 6.01. The average molecular weight is 521 g/mol. The molecule has 1 N–H and O–H groups in total. The van der Waals surface area contributed by atoms with Crippen LogP contribution in [-0.4, -0.2) is 31.9 Å². The molecule has 8 heteroatoms. The molecule has 4 heterocycles. The van der Waals surface area contributed by atoms with Gasteiger partial charge in [0.25, 0.3) is 5.56 Å². The molecule has 0 fully saturated rings. The lowest BCUT2D eigenvalue weighted by atomic mass is 10.1. The van der Waals surface area contributed by atoms with Gasteiger partial charge in [-0.25, -0.2) is 14.5 Å². The number of pyridine rings is 2. The van der Waals surface area contributed by atoms with Crippen molar-refractivity contribution in [1.29, 1.82) is 0 Å². The highest BCUT2D eigenvalue weighted by atomic mass is 32.1. The number of hydrogen-bond acceptors (Lipinski definition) is 6. The predicted molar refractivity (Wildman–Crippen MR) is 153 cm³/mol. The van der Waals surface area contributed by atoms with Crippen LogP contribution in [0.2, 0.25) is 0 Å². The fraction of sp³-hybridized carbons (Fsp3) is 0.100. The molecule has 0 saturated heterocycles. The van der Waals surface area contributed by atoms with Crippen molar-refractivity contribution in [3.63, 3.8) is 0 Å². The fourth-order valence-corrected chi connectivity index (χ4v) is 5.26. The lowest BCUT2D eigenvalue weighted by molar-refractivity contribution is 0.340. The van der Waals surface area contributed by atoms with Crippen molar-refractivity contribution in [2.24, 2.45) is 4.99 Å². The van der Waals surface area contributed by atoms with E-state index in [1.807, 2.05) is 72.3 Å². The van der Waals surface area contributed by atoms with E-state index >= 15 is 0 Å². The van der Waals surface area contributed by atoms with E-state index in [1.54, 1.807) is 47.9 Å². The maximum atomic E-state index is 13.5. The van der Waals surface area contributed by atoms with Crippen LogP contribution in [0.1, 0.15) is 18.1 Å². The van der Waals surface area contributed by atoms with E-state index in [0.717, 1.165) is 21.8 Å². The number of fused-ring (bicyclic) bond motifs is 2. The lowest BCUT2D eigenvalue weighted by Gasteiger charge is -2.14. The van der Waals surface area contributed by atoms with Crippen LogP contribution in [0, 0.1) is 6.92 Å². The summed E-state index contributed by atoms with van der Waals surface area (Å²) in [4.78, 5) is 24.2. The van der Waals surface area contributed by atoms with E-state index in [2.05, 4.69) is 0 Å². The highest BCUT2D eigenvalue weighted by Gasteiger charge is 2.18. The summed E-state index contributed by atoms with van der Waals surface area (Å²) in [6.45, 7) is 4.47. The number of ether oxygens (including phenoxy) is 1. The molecule has 2 aromatic carbocycles. The number of nitrogens with zero attached hydrogens (tertiary/aromatic N) is 4. The second kappa shape index (κ2) is 9.64. The number of aromatic nitrogens is 3. The van der Waals surface area contributed by atoms with Gasteiger partial charge in [0.05, 0.1) is 22.7 Å². The van der Waals surface area contributed by atoms with Gasteiger partial charge in [0, 0.05) is 23.2 Å². The minimum absolute atomic E-state index is 0.191. The number of benzene rings is 2. The summed E-state index contributed by atoms with van der Waals surface area (Å²) in [5.74, 6) is 1.14. The first-order valence-electron chi connectivity index (χ1n) is 12.2. The molecule has 7 nitrogen and oxygen atoms in total. The Hall–Kier alpha value is -4.69. The predicted octanol–water partition coefficient (Wildman–Crippen LogP) is 6.53. The molecule has 0 amide bonds. The van der Waals surface area contributed by atoms with E-state index in [1.165, 1.54) is 4.57 Å². The largest absolute Gasteiger partial charge is 0.494 e. The Morgan fingerprint density at radius 2 is 1.84 bits per heavy atom. The summed E-state index contributed by atoms with van der Waals surface area (Å²) >= 11 is 1.59. The molecule has 6 aromatic rings. The highest BCUT2D eigenvalue weighted by Crippen LogP contribution is 2.35. The molecule has 0 unspecified atom stereocenters. The third kappa shape index (κ3) is 4.05. The minimum atomic E-state index is -0.316. The summed E-state index contributed by atoms with van der Waals surface area (Å²) in [6, 6.07) is 22.3. The zero-order chi connectivity index (χ0) is 26.2. The van der Waals surface area contributed by atoms with Crippen molar-refractivity contribution >= 4 is 39.8 Å². The Morgan fingerprint density at radius 1 is 1.05 bits per heavy atom. The Balaban J connectivity index is 1.56. The monoisotopic (exact) mass is 520 g/mol. The number of imidazole rings is 1. The van der Waals surface area contributed by atoms with Gasteiger partial charge in [-0.3, -0.25) is 9.20 Å². The zero-order valence-electron chi connectivity index (χ0n) is 20.8. The smallest absolute Gasteiger partial charge is 0.265 e. The van der Waals surface area contributed by atoms with Crippen LogP contribution in [0.25, 0.3) is 32.7 Å². The standard InChI is InChI=1S/C30H24N4O3S/c1-3-37-21-12-10-20(11-13-21)34-29(35)23-8-5-4-7-22(23)24(30(34)36)18-31-28-27(25-9-6-16-38-25)32-26-17-19(2)14-15-33(26)28/h4-18,36H,3H2,1-2H3/b31-18+. The van der Waals surface area contributed by atoms with Crippen molar-refractivity contribution in [1.82, 2.24) is 14.0 Å². The molecule has 0 atom stereocenters. The summed E-state index contributed by atoms with van der Waals surface area (Å²) in [5, 5.41) is 14.5. The maximum absolute atomic E-state index is 13.5. The second-order valence-corrected chi connectivity index (χ2v) is 9.75. The van der Waals surface area contributed by atoms with Crippen LogP contribution in [0.5, 0.6) is 11.6 Å². The molecule has 38 heavy (non-hydrogen) atoms. The first-order valence-corrected chi connectivity index (χ1v) is 13.1. The van der Waals surface area contributed by atoms with Gasteiger partial charge in [0.15, 0.2) is 5.82 Å². The van der Waals surface area contributed by atoms with Gasteiger partial charge < -0.3 is 9.84 Å². The van der Waals surface area contributed by atoms with E-state index < -0.39 is 0 Å². The molecule has 4 aromatic heterocycles. The first-order chi connectivity index (χ1) is 18.5. The molecule has 0 aliphatic carbocycles. The van der Waals surface area contributed by atoms with Gasteiger partial charge in [-0.05, 0) is 73.3 Å². The Labute approximate surface area is 222 Å². The zero-order valence-corrected chi connectivity index (χ0v) is 21.6. The van der Waals surface area contributed by atoms with Crippen LogP contribution < -0.4 is 10.3 Å². The highest BCUT2D eigenvalue weighted by molar-refractivity contribution is 7.13. The van der Waals surface area contributed by atoms with Crippen molar-refractivity contribution in [2.75, 3.05) is 6.61 Å². The topological polar surface area (TPSA) is 81.1 Å². The molecule has 188 valence electrons. The third-order valence-corrected chi connectivity index (χ3v) is 7.21. The van der Waals surface area contributed by atoms with Crippen molar-refractivity contribution in [3.05, 3.63) is 106 Å². The van der Waals surface area contributed by atoms with Gasteiger partial charge in [0.1, 0.15) is 17.1 Å².